The van der Waals surface area contributed by atoms with E-state index in [2.05, 4.69) is 11.1 Å². The summed E-state index contributed by atoms with van der Waals surface area (Å²) in [6.45, 7) is -0.265. The zero-order valence-electron chi connectivity index (χ0n) is 16.1. The lowest BCUT2D eigenvalue weighted by Crippen LogP contribution is -2.65. The molecule has 30 heavy (non-hydrogen) atoms. The molecule has 150 valence electrons. The molecule has 1 fully saturated rings. The number of aliphatic hydroxyl groups is 1. The molecule has 4 rings (SSSR count). The minimum Gasteiger partial charge on any atom is -0.394 e. The molecular weight excluding hydrogens is 381 g/mol. The molecule has 0 unspecified atom stereocenters. The van der Waals surface area contributed by atoms with Crippen LogP contribution >= 0.6 is 0 Å². The molecule has 0 radical (unpaired) electrons. The summed E-state index contributed by atoms with van der Waals surface area (Å²) in [5.74, 6) is -0.940. The van der Waals surface area contributed by atoms with Crippen LogP contribution in [-0.4, -0.2) is 39.6 Å². The Kier molecular flexibility index (Phi) is 5.55. The highest BCUT2D eigenvalue weighted by molar-refractivity contribution is 5.82. The van der Waals surface area contributed by atoms with Crippen molar-refractivity contribution in [2.45, 2.75) is 24.4 Å². The van der Waals surface area contributed by atoms with Gasteiger partial charge in [0, 0.05) is 18.3 Å². The first kappa shape index (κ1) is 19.7. The van der Waals surface area contributed by atoms with Gasteiger partial charge >= 0.3 is 0 Å². The maximum absolute atomic E-state index is 13.8. The van der Waals surface area contributed by atoms with Crippen molar-refractivity contribution in [3.05, 3.63) is 90.0 Å². The zero-order chi connectivity index (χ0) is 21.1. The zero-order valence-corrected chi connectivity index (χ0v) is 16.1. The lowest BCUT2D eigenvalue weighted by molar-refractivity contribution is -0.146. The van der Waals surface area contributed by atoms with E-state index in [1.165, 1.54) is 17.0 Å². The smallest absolute Gasteiger partial charge is 0.228 e. The van der Waals surface area contributed by atoms with Gasteiger partial charge in [-0.15, -0.1) is 0 Å². The van der Waals surface area contributed by atoms with E-state index in [9.17, 15) is 19.6 Å². The first-order valence-corrected chi connectivity index (χ1v) is 9.69. The Balaban J connectivity index is 1.66. The van der Waals surface area contributed by atoms with Crippen LogP contribution < -0.4 is 0 Å². The van der Waals surface area contributed by atoms with Gasteiger partial charge in [0.25, 0.3) is 0 Å². The third-order valence-electron chi connectivity index (χ3n) is 5.55. The topological polar surface area (TPSA) is 77.2 Å². The Bertz CT molecular complexity index is 1100. The van der Waals surface area contributed by atoms with E-state index in [4.69, 9.17) is 0 Å². The molecule has 1 aliphatic heterocycles. The van der Waals surface area contributed by atoms with E-state index in [0.717, 1.165) is 16.7 Å². The van der Waals surface area contributed by atoms with Crippen LogP contribution in [0.5, 0.6) is 0 Å². The molecule has 0 saturated carbocycles. The third kappa shape index (κ3) is 3.56. The summed E-state index contributed by atoms with van der Waals surface area (Å²) in [4.78, 5) is 18.4. The second kappa shape index (κ2) is 8.44. The fourth-order valence-corrected chi connectivity index (χ4v) is 4.20. The molecule has 1 saturated heterocycles. The number of carbonyl (C=O) groups excluding carboxylic acids is 1. The van der Waals surface area contributed by atoms with E-state index in [1.54, 1.807) is 36.7 Å². The molecule has 0 aliphatic carbocycles. The van der Waals surface area contributed by atoms with Gasteiger partial charge in [-0.25, -0.2) is 4.39 Å². The van der Waals surface area contributed by atoms with Crippen LogP contribution in [0.15, 0.2) is 73.1 Å². The Morgan fingerprint density at radius 2 is 2.00 bits per heavy atom. The van der Waals surface area contributed by atoms with Crippen LogP contribution in [0.3, 0.4) is 0 Å². The SMILES string of the molecule is N#C[C@@H]1[C@H](c2ccccc2-c2cccc(F)c2)[C@H](CO)N1C(=O)Cc1cccnc1. The number of carbonyl (C=O) groups is 1. The molecule has 2 heterocycles. The van der Waals surface area contributed by atoms with Crippen LogP contribution in [0, 0.1) is 17.1 Å². The molecule has 1 aromatic heterocycles. The van der Waals surface area contributed by atoms with Crippen LogP contribution in [0.25, 0.3) is 11.1 Å². The second-order valence-electron chi connectivity index (χ2n) is 7.29. The van der Waals surface area contributed by atoms with E-state index in [0.29, 0.717) is 5.56 Å². The van der Waals surface area contributed by atoms with Crippen molar-refractivity contribution >= 4 is 5.91 Å². The Labute approximate surface area is 174 Å². The van der Waals surface area contributed by atoms with Crippen LogP contribution in [0.4, 0.5) is 4.39 Å². The fourth-order valence-electron chi connectivity index (χ4n) is 4.20. The number of nitrogens with zero attached hydrogens (tertiary/aromatic N) is 3. The van der Waals surface area contributed by atoms with Gasteiger partial charge in [-0.05, 0) is 40.5 Å². The van der Waals surface area contributed by atoms with Gasteiger partial charge in [0.1, 0.15) is 11.9 Å². The van der Waals surface area contributed by atoms with Crippen molar-refractivity contribution in [2.24, 2.45) is 0 Å². The summed E-state index contributed by atoms with van der Waals surface area (Å²) >= 11 is 0. The Hall–Kier alpha value is -3.56. The van der Waals surface area contributed by atoms with Gasteiger partial charge in [0.05, 0.1) is 25.1 Å². The van der Waals surface area contributed by atoms with E-state index in [1.807, 2.05) is 24.3 Å². The molecule has 0 spiro atoms. The fraction of sp³-hybridized carbons (Fsp3) is 0.208. The lowest BCUT2D eigenvalue weighted by atomic mass is 9.73. The number of benzene rings is 2. The maximum atomic E-state index is 13.8. The number of hydrogen-bond donors (Lipinski definition) is 1. The van der Waals surface area contributed by atoms with Crippen molar-refractivity contribution in [3.63, 3.8) is 0 Å². The van der Waals surface area contributed by atoms with E-state index in [-0.39, 0.29) is 30.7 Å². The van der Waals surface area contributed by atoms with Crippen molar-refractivity contribution < 1.29 is 14.3 Å². The standard InChI is InChI=1S/C24H20FN3O2/c25-18-7-3-6-17(12-18)19-8-1-2-9-20(19)24-21(13-26)28(22(24)15-29)23(30)11-16-5-4-10-27-14-16/h1-10,12,14,21-22,24,29H,11,15H2/t21-,22+,24+/m1/s1. The van der Waals surface area contributed by atoms with Crippen LogP contribution in [-0.2, 0) is 11.2 Å². The molecule has 3 atom stereocenters. The van der Waals surface area contributed by atoms with Gasteiger partial charge in [0.15, 0.2) is 0 Å². The first-order chi connectivity index (χ1) is 14.6. The van der Waals surface area contributed by atoms with Crippen molar-refractivity contribution in [1.29, 1.82) is 5.26 Å². The minimum atomic E-state index is -0.707. The number of pyridine rings is 1. The summed E-state index contributed by atoms with van der Waals surface area (Å²) < 4.78 is 13.8. The van der Waals surface area contributed by atoms with Gasteiger partial charge in [-0.1, -0.05) is 42.5 Å². The first-order valence-electron chi connectivity index (χ1n) is 9.69. The van der Waals surface area contributed by atoms with Crippen molar-refractivity contribution in [3.8, 4) is 17.2 Å². The molecule has 5 nitrogen and oxygen atoms in total. The number of hydrogen-bond acceptors (Lipinski definition) is 4. The van der Waals surface area contributed by atoms with Crippen LogP contribution in [0.1, 0.15) is 17.0 Å². The number of halogens is 1. The number of rotatable bonds is 5. The summed E-state index contributed by atoms with van der Waals surface area (Å²) in [6.07, 6.45) is 3.36. The summed E-state index contributed by atoms with van der Waals surface area (Å²) in [6, 6.07) is 18.3. The number of nitriles is 1. The third-order valence-corrected chi connectivity index (χ3v) is 5.55. The molecular formula is C24H20FN3O2. The quantitative estimate of drug-likeness (QED) is 0.712. The number of amides is 1. The molecule has 6 heteroatoms. The summed E-state index contributed by atoms with van der Waals surface area (Å²) in [5.41, 5.74) is 3.05. The van der Waals surface area contributed by atoms with Crippen LogP contribution in [0.2, 0.25) is 0 Å². The Morgan fingerprint density at radius 1 is 1.17 bits per heavy atom. The van der Waals surface area contributed by atoms with E-state index >= 15 is 0 Å². The summed E-state index contributed by atoms with van der Waals surface area (Å²) in [5, 5.41) is 19.9. The highest BCUT2D eigenvalue weighted by Gasteiger charge is 2.52. The summed E-state index contributed by atoms with van der Waals surface area (Å²) in [7, 11) is 0. The molecule has 1 N–H and O–H groups in total. The number of likely N-dealkylation sites (tertiary alicyclic amines) is 1. The molecule has 0 bridgehead atoms. The normalized spacial score (nSPS) is 20.3. The largest absolute Gasteiger partial charge is 0.394 e. The Morgan fingerprint density at radius 3 is 2.70 bits per heavy atom. The maximum Gasteiger partial charge on any atom is 0.228 e. The highest BCUT2D eigenvalue weighted by Crippen LogP contribution is 2.44. The minimum absolute atomic E-state index is 0.112. The van der Waals surface area contributed by atoms with Gasteiger partial charge < -0.3 is 10.0 Å². The predicted octanol–water partition coefficient (Wildman–Crippen LogP) is 3.31. The average Bonchev–Trinajstić information content (AvgIpc) is 2.75. The highest BCUT2D eigenvalue weighted by atomic mass is 19.1. The number of aromatic nitrogens is 1. The molecule has 3 aromatic rings. The predicted molar refractivity (Wildman–Crippen MR) is 110 cm³/mol. The second-order valence-corrected chi connectivity index (χ2v) is 7.29. The molecule has 2 aromatic carbocycles. The lowest BCUT2D eigenvalue weighted by Gasteiger charge is -2.52. The van der Waals surface area contributed by atoms with E-state index < -0.39 is 12.1 Å². The molecule has 1 aliphatic rings. The monoisotopic (exact) mass is 401 g/mol. The van der Waals surface area contributed by atoms with Crippen molar-refractivity contribution in [2.75, 3.05) is 6.61 Å². The van der Waals surface area contributed by atoms with Crippen molar-refractivity contribution in [1.82, 2.24) is 9.88 Å². The van der Waals surface area contributed by atoms with Gasteiger partial charge in [-0.3, -0.25) is 9.78 Å². The average molecular weight is 401 g/mol. The van der Waals surface area contributed by atoms with Gasteiger partial charge in [-0.2, -0.15) is 5.26 Å². The number of aliphatic hydroxyl groups excluding tert-OH is 1. The molecule has 1 amide bonds. The van der Waals surface area contributed by atoms with Gasteiger partial charge in [0.2, 0.25) is 5.91 Å².